The molecule has 0 saturated heterocycles. The minimum atomic E-state index is -0.482. The molecule has 1 aromatic heterocycles. The van der Waals surface area contributed by atoms with Gasteiger partial charge in [-0.2, -0.15) is 0 Å². The minimum absolute atomic E-state index is 0.0678. The van der Waals surface area contributed by atoms with E-state index in [9.17, 15) is 9.18 Å². The topological polar surface area (TPSA) is 54.9 Å². The van der Waals surface area contributed by atoms with Crippen molar-refractivity contribution < 1.29 is 9.18 Å². The predicted molar refractivity (Wildman–Crippen MR) is 77.9 cm³/mol. The Morgan fingerprint density at radius 1 is 1.45 bits per heavy atom. The van der Waals surface area contributed by atoms with E-state index in [1.54, 1.807) is 0 Å². The number of anilines is 1. The highest BCUT2D eigenvalue weighted by Gasteiger charge is 2.13. The van der Waals surface area contributed by atoms with Crippen LogP contribution in [0.25, 0.3) is 0 Å². The number of amides is 1. The Morgan fingerprint density at radius 2 is 2.25 bits per heavy atom. The van der Waals surface area contributed by atoms with Crippen molar-refractivity contribution in [3.63, 3.8) is 0 Å². The Labute approximate surface area is 125 Å². The second-order valence-corrected chi connectivity index (χ2v) is 5.65. The van der Waals surface area contributed by atoms with Gasteiger partial charge in [-0.25, -0.2) is 4.39 Å². The Morgan fingerprint density at radius 3 is 2.95 bits per heavy atom. The fourth-order valence-corrected chi connectivity index (χ4v) is 2.60. The molecule has 2 rings (SSSR count). The van der Waals surface area contributed by atoms with Crippen molar-refractivity contribution in [2.45, 2.75) is 26.2 Å². The van der Waals surface area contributed by atoms with Crippen LogP contribution in [0.5, 0.6) is 0 Å². The summed E-state index contributed by atoms with van der Waals surface area (Å²) in [6, 6.07) is 3.63. The van der Waals surface area contributed by atoms with Crippen LogP contribution in [0.2, 0.25) is 5.02 Å². The molecule has 0 radical (unpaired) electrons. The van der Waals surface area contributed by atoms with E-state index in [1.807, 2.05) is 0 Å². The Hall–Kier alpha value is -1.53. The van der Waals surface area contributed by atoms with Gasteiger partial charge in [0.15, 0.2) is 0 Å². The third kappa shape index (κ3) is 3.74. The summed E-state index contributed by atoms with van der Waals surface area (Å²) in [5.41, 5.74) is 0.207. The quantitative estimate of drug-likeness (QED) is 0.910. The first-order valence-electron chi connectivity index (χ1n) is 6.19. The molecule has 1 N–H and O–H groups in total. The van der Waals surface area contributed by atoms with Crippen molar-refractivity contribution in [2.75, 3.05) is 5.32 Å². The summed E-state index contributed by atoms with van der Waals surface area (Å²) in [4.78, 5) is 12.0. The highest BCUT2D eigenvalue weighted by atomic mass is 35.5. The number of carbonyl (C=O) groups is 1. The predicted octanol–water partition coefficient (Wildman–Crippen LogP) is 3.93. The normalized spacial score (nSPS) is 10.6. The van der Waals surface area contributed by atoms with Crippen LogP contribution in [-0.4, -0.2) is 16.1 Å². The number of hydrogen-bond acceptors (Lipinski definition) is 4. The lowest BCUT2D eigenvalue weighted by Crippen LogP contribution is -2.12. The molecular formula is C13H13ClFN3OS. The number of carbonyl (C=O) groups excluding carboxylic acids is 1. The van der Waals surface area contributed by atoms with E-state index in [2.05, 4.69) is 22.4 Å². The summed E-state index contributed by atoms with van der Waals surface area (Å²) in [6.07, 6.45) is 2.96. The van der Waals surface area contributed by atoms with Gasteiger partial charge in [-0.05, 0) is 24.6 Å². The first-order valence-corrected chi connectivity index (χ1v) is 7.38. The third-order valence-corrected chi connectivity index (χ3v) is 3.82. The lowest BCUT2D eigenvalue weighted by atomic mass is 10.2. The number of unbranched alkanes of at least 4 members (excludes halogenated alkanes) is 1. The van der Waals surface area contributed by atoms with Gasteiger partial charge in [0.25, 0.3) is 5.91 Å². The van der Waals surface area contributed by atoms with E-state index < -0.39 is 11.7 Å². The minimum Gasteiger partial charge on any atom is -0.296 e. The third-order valence-electron chi connectivity index (χ3n) is 2.61. The van der Waals surface area contributed by atoms with Crippen molar-refractivity contribution in [1.82, 2.24) is 10.2 Å². The Kier molecular flexibility index (Phi) is 5.03. The fraction of sp³-hybridized carbons (Fsp3) is 0.308. The van der Waals surface area contributed by atoms with Crippen LogP contribution in [0.3, 0.4) is 0 Å². The van der Waals surface area contributed by atoms with Crippen LogP contribution >= 0.6 is 22.9 Å². The van der Waals surface area contributed by atoms with Gasteiger partial charge in [-0.3, -0.25) is 10.1 Å². The number of hydrogen-bond donors (Lipinski definition) is 1. The van der Waals surface area contributed by atoms with Crippen LogP contribution < -0.4 is 5.32 Å². The Balaban J connectivity index is 2.05. The standard InChI is InChI=1S/C13H13ClFN3OS/c1-2-3-4-11-17-18-13(20-11)16-12(19)9-6-5-8(15)7-10(9)14/h5-7H,2-4H2,1H3,(H,16,18,19). The number of nitrogens with zero attached hydrogens (tertiary/aromatic N) is 2. The van der Waals surface area contributed by atoms with Gasteiger partial charge in [0.05, 0.1) is 10.6 Å². The smallest absolute Gasteiger partial charge is 0.259 e. The Bertz CT molecular complexity index is 617. The highest BCUT2D eigenvalue weighted by molar-refractivity contribution is 7.15. The summed E-state index contributed by atoms with van der Waals surface area (Å²) >= 11 is 7.16. The van der Waals surface area contributed by atoms with Gasteiger partial charge >= 0.3 is 0 Å². The zero-order chi connectivity index (χ0) is 14.5. The van der Waals surface area contributed by atoms with Crippen molar-refractivity contribution in [2.24, 2.45) is 0 Å². The molecule has 0 aliphatic carbocycles. The molecule has 0 fully saturated rings. The summed E-state index contributed by atoms with van der Waals surface area (Å²) in [7, 11) is 0. The largest absolute Gasteiger partial charge is 0.296 e. The molecular weight excluding hydrogens is 301 g/mol. The van der Waals surface area contributed by atoms with Crippen LogP contribution in [0.1, 0.15) is 35.1 Å². The first-order chi connectivity index (χ1) is 9.60. The van der Waals surface area contributed by atoms with Gasteiger partial charge < -0.3 is 0 Å². The maximum absolute atomic E-state index is 12.9. The summed E-state index contributed by atoms with van der Waals surface area (Å²) in [5.74, 6) is -0.905. The molecule has 1 amide bonds. The number of aryl methyl sites for hydroxylation is 1. The molecule has 1 aromatic carbocycles. The van der Waals surface area contributed by atoms with Crippen LogP contribution in [0, 0.1) is 5.82 Å². The number of halogens is 2. The van der Waals surface area contributed by atoms with E-state index in [4.69, 9.17) is 11.6 Å². The number of benzene rings is 1. The molecule has 106 valence electrons. The lowest BCUT2D eigenvalue weighted by molar-refractivity contribution is 0.102. The molecule has 4 nitrogen and oxygen atoms in total. The molecule has 1 heterocycles. The van der Waals surface area contributed by atoms with E-state index >= 15 is 0 Å². The highest BCUT2D eigenvalue weighted by Crippen LogP contribution is 2.21. The summed E-state index contributed by atoms with van der Waals surface area (Å²) < 4.78 is 12.9. The van der Waals surface area contributed by atoms with E-state index in [-0.39, 0.29) is 10.6 Å². The molecule has 0 unspecified atom stereocenters. The molecule has 0 aliphatic rings. The summed E-state index contributed by atoms with van der Waals surface area (Å²) in [5, 5.41) is 11.9. The lowest BCUT2D eigenvalue weighted by Gasteiger charge is -2.03. The maximum Gasteiger partial charge on any atom is 0.259 e. The van der Waals surface area contributed by atoms with Crippen molar-refractivity contribution in [3.05, 3.63) is 39.6 Å². The first kappa shape index (κ1) is 14.9. The van der Waals surface area contributed by atoms with Gasteiger partial charge in [0.1, 0.15) is 10.8 Å². The van der Waals surface area contributed by atoms with Crippen LogP contribution in [0.4, 0.5) is 9.52 Å². The maximum atomic E-state index is 12.9. The number of nitrogens with one attached hydrogen (secondary N) is 1. The van der Waals surface area contributed by atoms with Crippen molar-refractivity contribution in [3.8, 4) is 0 Å². The zero-order valence-electron chi connectivity index (χ0n) is 10.8. The van der Waals surface area contributed by atoms with E-state index in [0.29, 0.717) is 5.13 Å². The number of rotatable bonds is 5. The van der Waals surface area contributed by atoms with Crippen molar-refractivity contribution in [1.29, 1.82) is 0 Å². The molecule has 0 aliphatic heterocycles. The van der Waals surface area contributed by atoms with Gasteiger partial charge in [0, 0.05) is 6.42 Å². The second-order valence-electron chi connectivity index (χ2n) is 4.18. The molecule has 0 atom stereocenters. The molecule has 20 heavy (non-hydrogen) atoms. The van der Waals surface area contributed by atoms with Gasteiger partial charge in [-0.1, -0.05) is 36.3 Å². The monoisotopic (exact) mass is 313 g/mol. The number of aromatic nitrogens is 2. The van der Waals surface area contributed by atoms with E-state index in [0.717, 1.165) is 30.3 Å². The summed E-state index contributed by atoms with van der Waals surface area (Å²) in [6.45, 7) is 2.10. The molecule has 7 heteroatoms. The molecule has 0 spiro atoms. The van der Waals surface area contributed by atoms with Crippen molar-refractivity contribution >= 4 is 34.0 Å². The second kappa shape index (κ2) is 6.76. The van der Waals surface area contributed by atoms with Crippen LogP contribution in [-0.2, 0) is 6.42 Å². The SMILES string of the molecule is CCCCc1nnc(NC(=O)c2ccc(F)cc2Cl)s1. The molecule has 2 aromatic rings. The van der Waals surface area contributed by atoms with Gasteiger partial charge in [0.2, 0.25) is 5.13 Å². The molecule has 0 bridgehead atoms. The fourth-order valence-electron chi connectivity index (χ4n) is 1.57. The van der Waals surface area contributed by atoms with Crippen LogP contribution in [0.15, 0.2) is 18.2 Å². The van der Waals surface area contributed by atoms with E-state index in [1.165, 1.54) is 23.5 Å². The van der Waals surface area contributed by atoms with Gasteiger partial charge in [-0.15, -0.1) is 10.2 Å². The molecule has 0 saturated carbocycles. The average molecular weight is 314 g/mol. The zero-order valence-corrected chi connectivity index (χ0v) is 12.4. The average Bonchev–Trinajstić information content (AvgIpc) is 2.83.